The Bertz CT molecular complexity index is 347. The summed E-state index contributed by atoms with van der Waals surface area (Å²) >= 11 is 9.69. The van der Waals surface area contributed by atoms with Gasteiger partial charge in [0.15, 0.2) is 8.32 Å². The van der Waals surface area contributed by atoms with E-state index < -0.39 is 14.4 Å². The van der Waals surface area contributed by atoms with Crippen LogP contribution in [0.5, 0.6) is 0 Å². The third-order valence-corrected chi connectivity index (χ3v) is 13.0. The van der Waals surface area contributed by atoms with Gasteiger partial charge in [-0.2, -0.15) is 0 Å². The first-order chi connectivity index (χ1) is 10.0. The Hall–Kier alpha value is 1.72. The molecule has 2 nitrogen and oxygen atoms in total. The average molecular weight is 391 g/mol. The van der Waals surface area contributed by atoms with Crippen LogP contribution in [-0.4, -0.2) is 42.0 Å². The molecule has 1 aliphatic heterocycles. The second kappa shape index (κ2) is 10.2. The molecular weight excluding hydrogens is 359 g/mol. The van der Waals surface area contributed by atoms with Gasteiger partial charge in [0.1, 0.15) is 0 Å². The molecule has 0 amide bonds. The third-order valence-electron chi connectivity index (χ3n) is 4.63. The molecule has 1 fully saturated rings. The molecule has 0 aromatic heterocycles. The first-order valence-electron chi connectivity index (χ1n) is 8.19. The van der Waals surface area contributed by atoms with Crippen molar-refractivity contribution in [3.8, 4) is 0 Å². The van der Waals surface area contributed by atoms with Crippen LogP contribution in [0.4, 0.5) is 0 Å². The van der Waals surface area contributed by atoms with Gasteiger partial charge in [0.2, 0.25) is 0 Å². The first kappa shape index (κ1) is 24.7. The minimum Gasteiger partial charge on any atom is -0.851 e. The van der Waals surface area contributed by atoms with E-state index in [1.54, 1.807) is 0 Å². The molecule has 0 N–H and O–H groups in total. The van der Waals surface area contributed by atoms with Crippen LogP contribution in [0.3, 0.4) is 0 Å². The summed E-state index contributed by atoms with van der Waals surface area (Å²) < 4.78 is 6.52. The normalized spacial score (nSPS) is 21.4. The van der Waals surface area contributed by atoms with Crippen molar-refractivity contribution in [2.45, 2.75) is 81.4 Å². The summed E-state index contributed by atoms with van der Waals surface area (Å²) in [5, 5.41) is 12.2. The molecule has 1 saturated heterocycles. The van der Waals surface area contributed by atoms with Gasteiger partial charge in [-0.3, -0.25) is 0 Å². The molecule has 0 saturated carbocycles. The van der Waals surface area contributed by atoms with Crippen molar-refractivity contribution in [3.05, 3.63) is 0 Å². The molecular formula is C16H32ClLiO2S2Si. The Morgan fingerprint density at radius 3 is 2.17 bits per heavy atom. The van der Waals surface area contributed by atoms with E-state index in [9.17, 15) is 5.11 Å². The van der Waals surface area contributed by atoms with Crippen LogP contribution in [0.25, 0.3) is 0 Å². The van der Waals surface area contributed by atoms with Crippen LogP contribution in [-0.2, 0) is 4.43 Å². The van der Waals surface area contributed by atoms with E-state index in [0.29, 0.717) is 6.42 Å². The standard InChI is InChI=1S/C16H32ClO2S2Si.Li/c1-13(19-22(5,6)15(2,3)4)10-16(11-14(18)12-17)20-8-7-9-21-16;/h13-14H,7-12H2,1-6H3;/q-1;+1/t13-,14-;/m0./s1. The first-order valence-corrected chi connectivity index (χ1v) is 13.6. The zero-order chi connectivity index (χ0) is 17.0. The second-order valence-electron chi connectivity index (χ2n) is 7.83. The van der Waals surface area contributed by atoms with Crippen molar-refractivity contribution in [1.29, 1.82) is 0 Å². The fraction of sp³-hybridized carbons (Fsp3) is 1.00. The van der Waals surface area contributed by atoms with Crippen LogP contribution in [0, 0.1) is 0 Å². The number of alkyl halides is 1. The number of thioether (sulfide) groups is 2. The van der Waals surface area contributed by atoms with Gasteiger partial charge in [-0.05, 0) is 55.8 Å². The van der Waals surface area contributed by atoms with Gasteiger partial charge in [-0.15, -0.1) is 41.2 Å². The maximum Gasteiger partial charge on any atom is 1.00 e. The van der Waals surface area contributed by atoms with Gasteiger partial charge in [-0.25, -0.2) is 0 Å². The van der Waals surface area contributed by atoms with Gasteiger partial charge in [0.25, 0.3) is 0 Å². The molecule has 1 heterocycles. The largest absolute Gasteiger partial charge is 1.00 e. The fourth-order valence-electron chi connectivity index (χ4n) is 2.50. The molecule has 0 unspecified atom stereocenters. The molecule has 2 atom stereocenters. The molecule has 132 valence electrons. The Morgan fingerprint density at radius 1 is 1.22 bits per heavy atom. The minimum absolute atomic E-state index is 0. The van der Waals surface area contributed by atoms with Crippen LogP contribution in [0.15, 0.2) is 0 Å². The zero-order valence-corrected chi connectivity index (χ0v) is 19.3. The molecule has 7 heteroatoms. The molecule has 0 aliphatic carbocycles. The maximum atomic E-state index is 12.0. The Balaban J connectivity index is 0.00000484. The predicted octanol–water partition coefficient (Wildman–Crippen LogP) is 1.72. The van der Waals surface area contributed by atoms with Crippen molar-refractivity contribution in [2.24, 2.45) is 0 Å². The molecule has 1 rings (SSSR count). The summed E-state index contributed by atoms with van der Waals surface area (Å²) in [5.41, 5.74) is 0. The van der Waals surface area contributed by atoms with E-state index in [4.69, 9.17) is 16.0 Å². The molecule has 23 heavy (non-hydrogen) atoms. The van der Waals surface area contributed by atoms with Crippen LogP contribution in [0.1, 0.15) is 47.0 Å². The van der Waals surface area contributed by atoms with E-state index in [2.05, 4.69) is 40.8 Å². The van der Waals surface area contributed by atoms with E-state index >= 15 is 0 Å². The molecule has 0 bridgehead atoms. The van der Waals surface area contributed by atoms with E-state index in [0.717, 1.165) is 17.9 Å². The van der Waals surface area contributed by atoms with Crippen molar-refractivity contribution in [3.63, 3.8) is 0 Å². The Morgan fingerprint density at radius 2 is 1.74 bits per heavy atom. The minimum atomic E-state index is -1.76. The zero-order valence-electron chi connectivity index (χ0n) is 15.9. The second-order valence-corrected chi connectivity index (χ2v) is 16.1. The van der Waals surface area contributed by atoms with E-state index in [1.165, 1.54) is 6.42 Å². The van der Waals surface area contributed by atoms with E-state index in [-0.39, 0.29) is 40.0 Å². The van der Waals surface area contributed by atoms with Crippen LogP contribution in [0.2, 0.25) is 18.1 Å². The summed E-state index contributed by atoms with van der Waals surface area (Å²) in [4.78, 5) is 0. The van der Waals surface area contributed by atoms with Crippen molar-refractivity contribution < 1.29 is 28.4 Å². The summed E-state index contributed by atoms with van der Waals surface area (Å²) in [5.74, 6) is 2.50. The van der Waals surface area contributed by atoms with Gasteiger partial charge in [0, 0.05) is 12.0 Å². The quantitative estimate of drug-likeness (QED) is 0.489. The summed E-state index contributed by atoms with van der Waals surface area (Å²) in [7, 11) is -1.76. The fourth-order valence-corrected chi connectivity index (χ4v) is 7.70. The molecule has 0 aromatic rings. The van der Waals surface area contributed by atoms with Gasteiger partial charge in [-0.1, -0.05) is 20.8 Å². The number of halogens is 1. The van der Waals surface area contributed by atoms with Crippen molar-refractivity contribution >= 4 is 43.4 Å². The third kappa shape index (κ3) is 7.87. The number of rotatable bonds is 7. The van der Waals surface area contributed by atoms with Gasteiger partial charge >= 0.3 is 18.9 Å². The van der Waals surface area contributed by atoms with Gasteiger partial charge in [0.05, 0.1) is 4.08 Å². The SMILES string of the molecule is C[C@@H](CC1(C[C@H]([O-])CCl)SCCCS1)O[Si](C)(C)C(C)(C)C.[Li+]. The molecule has 0 radical (unpaired) electrons. The topological polar surface area (TPSA) is 32.3 Å². The summed E-state index contributed by atoms with van der Waals surface area (Å²) in [6.45, 7) is 13.6. The smallest absolute Gasteiger partial charge is 0.851 e. The predicted molar refractivity (Wildman–Crippen MR) is 104 cm³/mol. The Kier molecular flexibility index (Phi) is 10.9. The summed E-state index contributed by atoms with van der Waals surface area (Å²) in [6, 6.07) is 0. The Labute approximate surface area is 169 Å². The summed E-state index contributed by atoms with van der Waals surface area (Å²) in [6.07, 6.45) is 2.36. The van der Waals surface area contributed by atoms with Crippen LogP contribution < -0.4 is 24.0 Å². The molecule has 0 spiro atoms. The maximum absolute atomic E-state index is 12.0. The molecule has 0 aromatic carbocycles. The number of hydrogen-bond acceptors (Lipinski definition) is 4. The number of hydrogen-bond donors (Lipinski definition) is 0. The average Bonchev–Trinajstić information content (AvgIpc) is 2.37. The van der Waals surface area contributed by atoms with Crippen molar-refractivity contribution in [2.75, 3.05) is 17.4 Å². The van der Waals surface area contributed by atoms with E-state index in [1.807, 2.05) is 23.5 Å². The van der Waals surface area contributed by atoms with Gasteiger partial charge < -0.3 is 9.53 Å². The monoisotopic (exact) mass is 390 g/mol. The van der Waals surface area contributed by atoms with Crippen LogP contribution >= 0.6 is 35.1 Å². The molecule has 1 aliphatic rings. The van der Waals surface area contributed by atoms with Crippen molar-refractivity contribution in [1.82, 2.24) is 0 Å².